The quantitative estimate of drug-likeness (QED) is 0.451. The lowest BCUT2D eigenvalue weighted by Gasteiger charge is -2.39. The minimum absolute atomic E-state index is 0.0226. The average molecular weight is 456 g/mol. The number of fused-ring (bicyclic) bond motifs is 1. The lowest BCUT2D eigenvalue weighted by atomic mass is 10.1. The fourth-order valence-corrected chi connectivity index (χ4v) is 4.76. The van der Waals surface area contributed by atoms with Gasteiger partial charge in [0, 0.05) is 41.5 Å². The van der Waals surface area contributed by atoms with E-state index in [2.05, 4.69) is 14.9 Å². The van der Waals surface area contributed by atoms with Gasteiger partial charge in [0.1, 0.15) is 18.4 Å². The number of carbonyl (C=O) groups excluding carboxylic acids is 2. The summed E-state index contributed by atoms with van der Waals surface area (Å²) in [7, 11) is 0. The number of piperazine rings is 1. The summed E-state index contributed by atoms with van der Waals surface area (Å²) in [6.45, 7) is 2.20. The molecule has 31 heavy (non-hydrogen) atoms. The third kappa shape index (κ3) is 5.15. The second-order valence-electron chi connectivity index (χ2n) is 7.37. The highest BCUT2D eigenvalue weighted by atomic mass is 35.5. The molecule has 0 saturated carbocycles. The van der Waals surface area contributed by atoms with Gasteiger partial charge >= 0.3 is 0 Å². The van der Waals surface area contributed by atoms with Gasteiger partial charge in [0.25, 0.3) is 0 Å². The second kappa shape index (κ2) is 9.64. The highest BCUT2D eigenvalue weighted by Gasteiger charge is 2.29. The molecule has 1 atom stereocenters. The molecule has 2 N–H and O–H groups in total. The molecule has 0 spiro atoms. The first-order valence-corrected chi connectivity index (χ1v) is 11.2. The Bertz CT molecular complexity index is 1110. The van der Waals surface area contributed by atoms with Gasteiger partial charge in [0.15, 0.2) is 0 Å². The van der Waals surface area contributed by atoms with Crippen LogP contribution in [-0.2, 0) is 16.1 Å². The normalized spacial score (nSPS) is 17.1. The Morgan fingerprint density at radius 2 is 2.10 bits per heavy atom. The summed E-state index contributed by atoms with van der Waals surface area (Å²) < 4.78 is 0. The predicted octanol–water partition coefficient (Wildman–Crippen LogP) is 2.87. The Morgan fingerprint density at radius 3 is 2.90 bits per heavy atom. The van der Waals surface area contributed by atoms with E-state index in [9.17, 15) is 9.59 Å². The Balaban J connectivity index is 1.37. The van der Waals surface area contributed by atoms with Gasteiger partial charge in [0.2, 0.25) is 5.91 Å². The van der Waals surface area contributed by atoms with Crippen LogP contribution in [0.15, 0.2) is 53.7 Å². The molecule has 0 bridgehead atoms. The molecule has 9 heteroatoms. The lowest BCUT2D eigenvalue weighted by Crippen LogP contribution is -2.55. The van der Waals surface area contributed by atoms with Gasteiger partial charge < -0.3 is 15.4 Å². The fraction of sp³-hybridized carbons (Fsp3) is 0.273. The fourth-order valence-electron chi connectivity index (χ4n) is 3.65. The zero-order valence-electron chi connectivity index (χ0n) is 16.8. The number of rotatable bonds is 6. The molecule has 1 saturated heterocycles. The van der Waals surface area contributed by atoms with Crippen molar-refractivity contribution in [2.75, 3.05) is 31.1 Å². The van der Waals surface area contributed by atoms with Crippen LogP contribution in [0.2, 0.25) is 5.02 Å². The van der Waals surface area contributed by atoms with Crippen LogP contribution in [0.5, 0.6) is 0 Å². The van der Waals surface area contributed by atoms with Crippen LogP contribution in [0, 0.1) is 0 Å². The molecule has 160 valence electrons. The monoisotopic (exact) mass is 455 g/mol. The first kappa shape index (κ1) is 21.5. The van der Waals surface area contributed by atoms with Crippen molar-refractivity contribution in [3.8, 4) is 0 Å². The molecule has 1 aromatic heterocycles. The van der Waals surface area contributed by atoms with Gasteiger partial charge in [-0.2, -0.15) is 0 Å². The van der Waals surface area contributed by atoms with Gasteiger partial charge in [-0.1, -0.05) is 23.7 Å². The SMILES string of the molecule is Nc1ncnc2cc(CN3CCN(C(=O)CSc4cccc(Cl)c4)CC3C=O)ccc12. The van der Waals surface area contributed by atoms with Crippen molar-refractivity contribution in [1.29, 1.82) is 0 Å². The number of thioether (sulfide) groups is 1. The third-order valence-electron chi connectivity index (χ3n) is 5.32. The van der Waals surface area contributed by atoms with E-state index in [-0.39, 0.29) is 11.9 Å². The molecule has 1 fully saturated rings. The summed E-state index contributed by atoms with van der Waals surface area (Å²) in [5, 5.41) is 1.46. The number of halogens is 1. The van der Waals surface area contributed by atoms with Crippen LogP contribution in [0.3, 0.4) is 0 Å². The van der Waals surface area contributed by atoms with E-state index in [1.54, 1.807) is 11.0 Å². The van der Waals surface area contributed by atoms with E-state index in [0.29, 0.717) is 42.8 Å². The number of aromatic nitrogens is 2. The number of aldehydes is 1. The van der Waals surface area contributed by atoms with E-state index in [4.69, 9.17) is 17.3 Å². The summed E-state index contributed by atoms with van der Waals surface area (Å²) in [4.78, 5) is 37.5. The summed E-state index contributed by atoms with van der Waals surface area (Å²) in [5.74, 6) is 0.789. The van der Waals surface area contributed by atoms with Crippen molar-refractivity contribution in [3.63, 3.8) is 0 Å². The lowest BCUT2D eigenvalue weighted by molar-refractivity contribution is -0.132. The summed E-state index contributed by atoms with van der Waals surface area (Å²) >= 11 is 7.45. The minimum atomic E-state index is -0.347. The number of hydrogen-bond acceptors (Lipinski definition) is 7. The van der Waals surface area contributed by atoms with Crippen molar-refractivity contribution in [1.82, 2.24) is 19.8 Å². The first-order valence-electron chi connectivity index (χ1n) is 9.88. The average Bonchev–Trinajstić information content (AvgIpc) is 2.78. The van der Waals surface area contributed by atoms with E-state index >= 15 is 0 Å². The maximum Gasteiger partial charge on any atom is 0.233 e. The number of amides is 1. The van der Waals surface area contributed by atoms with Gasteiger partial charge in [-0.15, -0.1) is 11.8 Å². The number of carbonyl (C=O) groups is 2. The van der Waals surface area contributed by atoms with E-state index < -0.39 is 0 Å². The standard InChI is InChI=1S/C22H22ClN5O2S/c23-16-2-1-3-18(9-16)31-13-21(30)28-7-6-27(17(11-28)12-29)10-15-4-5-19-20(8-15)25-14-26-22(19)24/h1-5,8-9,12,14,17H,6-7,10-11,13H2,(H2,24,25,26). The Labute approximate surface area is 189 Å². The van der Waals surface area contributed by atoms with Gasteiger partial charge in [-0.05, 0) is 35.9 Å². The van der Waals surface area contributed by atoms with Gasteiger partial charge in [0.05, 0.1) is 17.3 Å². The molecule has 1 unspecified atom stereocenters. The predicted molar refractivity (Wildman–Crippen MR) is 123 cm³/mol. The van der Waals surface area contributed by atoms with Crippen LogP contribution in [-0.4, -0.2) is 63.4 Å². The molecular weight excluding hydrogens is 434 g/mol. The highest BCUT2D eigenvalue weighted by Crippen LogP contribution is 2.23. The van der Waals surface area contributed by atoms with E-state index in [0.717, 1.165) is 27.6 Å². The van der Waals surface area contributed by atoms with Gasteiger partial charge in [-0.25, -0.2) is 9.97 Å². The van der Waals surface area contributed by atoms with Crippen LogP contribution in [0.4, 0.5) is 5.82 Å². The van der Waals surface area contributed by atoms with Crippen LogP contribution in [0.25, 0.3) is 10.9 Å². The van der Waals surface area contributed by atoms with E-state index in [1.807, 2.05) is 36.4 Å². The van der Waals surface area contributed by atoms with Crippen molar-refractivity contribution in [2.45, 2.75) is 17.5 Å². The Kier molecular flexibility index (Phi) is 6.70. The van der Waals surface area contributed by atoms with E-state index in [1.165, 1.54) is 18.1 Å². The molecule has 4 rings (SSSR count). The number of nitrogen functional groups attached to an aromatic ring is 1. The van der Waals surface area contributed by atoms with Crippen LogP contribution < -0.4 is 5.73 Å². The summed E-state index contributed by atoms with van der Waals surface area (Å²) in [5.41, 5.74) is 7.71. The molecule has 0 aliphatic carbocycles. The Morgan fingerprint density at radius 1 is 1.23 bits per heavy atom. The number of anilines is 1. The smallest absolute Gasteiger partial charge is 0.233 e. The third-order valence-corrected chi connectivity index (χ3v) is 6.53. The highest BCUT2D eigenvalue weighted by molar-refractivity contribution is 8.00. The van der Waals surface area contributed by atoms with Crippen molar-refractivity contribution >= 4 is 52.3 Å². The maximum atomic E-state index is 12.7. The second-order valence-corrected chi connectivity index (χ2v) is 8.86. The first-order chi connectivity index (χ1) is 15.0. The maximum absolute atomic E-state index is 12.7. The molecule has 1 aliphatic heterocycles. The number of benzene rings is 2. The summed E-state index contributed by atoms with van der Waals surface area (Å²) in [6, 6.07) is 12.9. The van der Waals surface area contributed by atoms with Crippen molar-refractivity contribution < 1.29 is 9.59 Å². The molecule has 7 nitrogen and oxygen atoms in total. The minimum Gasteiger partial charge on any atom is -0.383 e. The molecule has 2 heterocycles. The topological polar surface area (TPSA) is 92.4 Å². The zero-order chi connectivity index (χ0) is 21.8. The van der Waals surface area contributed by atoms with Crippen molar-refractivity contribution in [2.24, 2.45) is 0 Å². The largest absolute Gasteiger partial charge is 0.383 e. The molecule has 3 aromatic rings. The zero-order valence-corrected chi connectivity index (χ0v) is 18.4. The van der Waals surface area contributed by atoms with Gasteiger partial charge in [-0.3, -0.25) is 9.69 Å². The van der Waals surface area contributed by atoms with Crippen molar-refractivity contribution in [3.05, 3.63) is 59.4 Å². The summed E-state index contributed by atoms with van der Waals surface area (Å²) in [6.07, 6.45) is 2.37. The van der Waals surface area contributed by atoms with Crippen LogP contribution >= 0.6 is 23.4 Å². The molecule has 1 aliphatic rings. The number of nitrogens with zero attached hydrogens (tertiary/aromatic N) is 4. The molecule has 2 aromatic carbocycles. The number of hydrogen-bond donors (Lipinski definition) is 1. The molecular formula is C22H22ClN5O2S. The van der Waals surface area contributed by atoms with Crippen LogP contribution in [0.1, 0.15) is 5.56 Å². The Hall–Kier alpha value is -2.68. The number of nitrogens with two attached hydrogens (primary N) is 1. The molecule has 0 radical (unpaired) electrons. The molecule has 1 amide bonds.